The Labute approximate surface area is 204 Å². The average molecular weight is 493 g/mol. The van der Waals surface area contributed by atoms with Crippen LogP contribution in [-0.4, -0.2) is 22.9 Å². The Hall–Kier alpha value is -4.40. The van der Waals surface area contributed by atoms with Gasteiger partial charge < -0.3 is 15.2 Å². The van der Waals surface area contributed by atoms with Crippen LogP contribution >= 0.6 is 0 Å². The van der Waals surface area contributed by atoms with Gasteiger partial charge in [0.25, 0.3) is 17.4 Å². The van der Waals surface area contributed by atoms with Crippen molar-refractivity contribution < 1.29 is 22.8 Å². The van der Waals surface area contributed by atoms with Crippen molar-refractivity contribution in [1.82, 2.24) is 9.88 Å². The van der Waals surface area contributed by atoms with Gasteiger partial charge in [-0.2, -0.15) is 0 Å². The number of rotatable bonds is 6. The van der Waals surface area contributed by atoms with E-state index in [0.717, 1.165) is 33.4 Å². The van der Waals surface area contributed by atoms with Gasteiger partial charge in [-0.1, -0.05) is 29.9 Å². The van der Waals surface area contributed by atoms with Crippen LogP contribution in [0.4, 0.5) is 18.9 Å². The summed E-state index contributed by atoms with van der Waals surface area (Å²) in [6.45, 7) is 3.65. The highest BCUT2D eigenvalue weighted by Gasteiger charge is 2.24. The fourth-order valence-corrected chi connectivity index (χ4v) is 3.96. The molecule has 0 unspecified atom stereocenters. The lowest BCUT2D eigenvalue weighted by atomic mass is 10.0. The summed E-state index contributed by atoms with van der Waals surface area (Å²) in [5, 5.41) is 5.46. The lowest BCUT2D eigenvalue weighted by molar-refractivity contribution is -0.110. The van der Waals surface area contributed by atoms with Crippen molar-refractivity contribution in [2.24, 2.45) is 0 Å². The molecular formula is C27H22F3N3O3. The van der Waals surface area contributed by atoms with E-state index in [4.69, 9.17) is 0 Å². The summed E-state index contributed by atoms with van der Waals surface area (Å²) in [7, 11) is 0. The summed E-state index contributed by atoms with van der Waals surface area (Å²) in [4.78, 5) is 37.4. The van der Waals surface area contributed by atoms with Gasteiger partial charge in [-0.3, -0.25) is 14.4 Å². The highest BCUT2D eigenvalue weighted by Crippen LogP contribution is 2.34. The lowest BCUT2D eigenvalue weighted by Crippen LogP contribution is -2.33. The molecule has 0 spiro atoms. The lowest BCUT2D eigenvalue weighted by Gasteiger charge is -2.09. The summed E-state index contributed by atoms with van der Waals surface area (Å²) in [5.74, 6) is -5.07. The predicted octanol–water partition coefficient (Wildman–Crippen LogP) is 4.50. The fraction of sp³-hybridized carbons (Fsp3) is 0.148. The van der Waals surface area contributed by atoms with Crippen LogP contribution in [0, 0.1) is 17.5 Å². The van der Waals surface area contributed by atoms with Gasteiger partial charge in [0.2, 0.25) is 0 Å². The van der Waals surface area contributed by atoms with Crippen molar-refractivity contribution in [2.45, 2.75) is 20.4 Å². The van der Waals surface area contributed by atoms with E-state index in [-0.39, 0.29) is 30.1 Å². The van der Waals surface area contributed by atoms with Crippen LogP contribution in [0.2, 0.25) is 0 Å². The van der Waals surface area contributed by atoms with Crippen molar-refractivity contribution in [3.05, 3.63) is 110 Å². The van der Waals surface area contributed by atoms with E-state index in [1.165, 1.54) is 18.3 Å². The third kappa shape index (κ3) is 5.00. The highest BCUT2D eigenvalue weighted by atomic mass is 19.2. The van der Waals surface area contributed by atoms with Crippen LogP contribution in [0.5, 0.6) is 0 Å². The first-order chi connectivity index (χ1) is 17.2. The Morgan fingerprint density at radius 3 is 2.47 bits per heavy atom. The molecule has 6 nitrogen and oxygen atoms in total. The normalized spacial score (nSPS) is 12.6. The van der Waals surface area contributed by atoms with Gasteiger partial charge in [-0.25, -0.2) is 13.2 Å². The molecule has 0 atom stereocenters. The Kier molecular flexibility index (Phi) is 6.91. The summed E-state index contributed by atoms with van der Waals surface area (Å²) >= 11 is 0. The molecule has 1 aliphatic rings. The number of benzene rings is 2. The number of nitrogens with zero attached hydrogens (tertiary/aromatic N) is 1. The fourth-order valence-electron chi connectivity index (χ4n) is 3.96. The molecule has 1 aromatic heterocycles. The number of allylic oxidation sites excluding steroid dienone is 1. The maximum Gasteiger partial charge on any atom is 0.263 e. The number of anilines is 1. The Morgan fingerprint density at radius 2 is 1.78 bits per heavy atom. The zero-order valence-corrected chi connectivity index (χ0v) is 19.5. The van der Waals surface area contributed by atoms with E-state index in [2.05, 4.69) is 10.6 Å². The molecule has 2 aromatic carbocycles. The second kappa shape index (κ2) is 10.1. The topological polar surface area (TPSA) is 80.2 Å². The quantitative estimate of drug-likeness (QED) is 0.392. The third-order valence-electron chi connectivity index (χ3n) is 5.64. The molecule has 3 aromatic rings. The molecule has 0 saturated heterocycles. The molecule has 2 amide bonds. The number of hydrogen-bond acceptors (Lipinski definition) is 3. The molecule has 0 aliphatic carbocycles. The summed E-state index contributed by atoms with van der Waals surface area (Å²) in [6.07, 6.45) is 4.84. The van der Waals surface area contributed by atoms with Gasteiger partial charge >= 0.3 is 0 Å². The summed E-state index contributed by atoms with van der Waals surface area (Å²) < 4.78 is 41.3. The number of aromatic nitrogens is 1. The molecule has 36 heavy (non-hydrogen) atoms. The number of amides is 2. The van der Waals surface area contributed by atoms with Crippen molar-refractivity contribution in [3.8, 4) is 0 Å². The van der Waals surface area contributed by atoms with Crippen molar-refractivity contribution in [3.63, 3.8) is 0 Å². The maximum absolute atomic E-state index is 13.5. The van der Waals surface area contributed by atoms with Crippen molar-refractivity contribution in [2.75, 3.05) is 11.9 Å². The molecule has 9 heteroatoms. The maximum atomic E-state index is 13.5. The number of carbonyl (C=O) groups is 2. The molecule has 2 N–H and O–H groups in total. The molecule has 0 fully saturated rings. The van der Waals surface area contributed by atoms with Crippen LogP contribution in [0.1, 0.15) is 40.9 Å². The third-order valence-corrected chi connectivity index (χ3v) is 5.64. The zero-order chi connectivity index (χ0) is 26.0. The van der Waals surface area contributed by atoms with Crippen LogP contribution in [-0.2, 0) is 11.3 Å². The molecule has 0 radical (unpaired) electrons. The van der Waals surface area contributed by atoms with Crippen molar-refractivity contribution in [1.29, 1.82) is 0 Å². The summed E-state index contributed by atoms with van der Waals surface area (Å²) in [5.41, 5.74) is 3.20. The van der Waals surface area contributed by atoms with Gasteiger partial charge in [0.15, 0.2) is 17.5 Å². The molecule has 2 heterocycles. The number of carbonyl (C=O) groups excluding carboxylic acids is 2. The monoisotopic (exact) mass is 493 g/mol. The molecule has 184 valence electrons. The van der Waals surface area contributed by atoms with Crippen LogP contribution in [0.25, 0.3) is 11.6 Å². The first-order valence-electron chi connectivity index (χ1n) is 11.1. The van der Waals surface area contributed by atoms with Crippen LogP contribution in [0.3, 0.4) is 0 Å². The van der Waals surface area contributed by atoms with Crippen molar-refractivity contribution >= 4 is 29.2 Å². The second-order valence-corrected chi connectivity index (χ2v) is 8.47. The Balaban J connectivity index is 1.42. The smallest absolute Gasteiger partial charge is 0.263 e. The SMILES string of the molecule is CC(C)=C1C(=O)Nc2cc(C=CCNC(=O)c3cccn(Cc4cc(F)c(F)c(F)c4)c3=O)ccc21. The largest absolute Gasteiger partial charge is 0.348 e. The number of nitrogens with one attached hydrogen (secondary N) is 2. The van der Waals surface area contributed by atoms with E-state index in [0.29, 0.717) is 11.3 Å². The Morgan fingerprint density at radius 1 is 1.06 bits per heavy atom. The van der Waals surface area contributed by atoms with Gasteiger partial charge in [0.05, 0.1) is 6.54 Å². The number of halogens is 3. The average Bonchev–Trinajstić information content (AvgIpc) is 3.16. The second-order valence-electron chi connectivity index (χ2n) is 8.47. The number of fused-ring (bicyclic) bond motifs is 1. The van der Waals surface area contributed by atoms with Gasteiger partial charge in [0, 0.05) is 29.6 Å². The minimum absolute atomic E-state index is 0.0382. The Bertz CT molecular complexity index is 1480. The standard InChI is InChI=1S/C27H22F3N3O3/c1-15(2)23-18-8-7-16(13-22(18)32-26(23)35)5-3-9-31-25(34)19-6-4-10-33(27(19)36)14-17-11-20(28)24(30)21(29)12-17/h3-8,10-13H,9,14H2,1-2H3,(H,31,34)(H,32,35). The van der Waals surface area contributed by atoms with E-state index in [9.17, 15) is 27.6 Å². The van der Waals surface area contributed by atoms with Gasteiger partial charge in [0.1, 0.15) is 5.56 Å². The number of hydrogen-bond donors (Lipinski definition) is 2. The van der Waals surface area contributed by atoms with Gasteiger partial charge in [-0.15, -0.1) is 0 Å². The zero-order valence-electron chi connectivity index (χ0n) is 19.5. The van der Waals surface area contributed by atoms with E-state index in [1.807, 2.05) is 32.0 Å². The molecule has 1 aliphatic heterocycles. The van der Waals surface area contributed by atoms with Crippen LogP contribution in [0.15, 0.2) is 65.1 Å². The van der Waals surface area contributed by atoms with E-state index >= 15 is 0 Å². The minimum atomic E-state index is -1.59. The predicted molar refractivity (Wildman–Crippen MR) is 131 cm³/mol. The van der Waals surface area contributed by atoms with Gasteiger partial charge in [-0.05, 0) is 55.3 Å². The minimum Gasteiger partial charge on any atom is -0.348 e. The first kappa shape index (κ1) is 24.7. The molecule has 4 rings (SSSR count). The van der Waals surface area contributed by atoms with E-state index in [1.54, 1.807) is 12.2 Å². The number of pyridine rings is 1. The van der Waals surface area contributed by atoms with Crippen LogP contribution < -0.4 is 16.2 Å². The first-order valence-corrected chi connectivity index (χ1v) is 11.1. The summed E-state index contributed by atoms with van der Waals surface area (Å²) in [6, 6.07) is 9.95. The van der Waals surface area contributed by atoms with E-state index < -0.39 is 28.9 Å². The molecule has 0 bridgehead atoms. The molecule has 0 saturated carbocycles. The highest BCUT2D eigenvalue weighted by molar-refractivity contribution is 6.32. The molecular weight excluding hydrogens is 471 g/mol.